The van der Waals surface area contributed by atoms with E-state index in [2.05, 4.69) is 58.7 Å². The second-order valence-corrected chi connectivity index (χ2v) is 8.72. The number of methoxy groups -OCH3 is 1. The fourth-order valence-electron chi connectivity index (χ4n) is 4.30. The van der Waals surface area contributed by atoms with Gasteiger partial charge in [0.05, 0.1) is 12.8 Å². The molecule has 1 saturated carbocycles. The first-order chi connectivity index (χ1) is 16.1. The van der Waals surface area contributed by atoms with Crippen LogP contribution in [0.2, 0.25) is 0 Å². The lowest BCUT2D eigenvalue weighted by atomic mass is 9.99. The van der Waals surface area contributed by atoms with Crippen molar-refractivity contribution in [3.8, 4) is 22.9 Å². The maximum absolute atomic E-state index is 6.42. The molecule has 2 heterocycles. The van der Waals surface area contributed by atoms with Gasteiger partial charge in [0, 0.05) is 23.2 Å². The average Bonchev–Trinajstić information content (AvgIpc) is 3.45. The molecule has 0 aliphatic heterocycles. The lowest BCUT2D eigenvalue weighted by Crippen LogP contribution is -2.05. The van der Waals surface area contributed by atoms with Crippen LogP contribution in [0, 0.1) is 0 Å². The number of nitrogens with zero attached hydrogens (tertiary/aromatic N) is 4. The molecule has 168 valence electrons. The van der Waals surface area contributed by atoms with E-state index in [4.69, 9.17) is 14.5 Å². The molecule has 1 N–H and O–H groups in total. The van der Waals surface area contributed by atoms with E-state index in [0.717, 1.165) is 34.7 Å². The summed E-state index contributed by atoms with van der Waals surface area (Å²) in [5.41, 5.74) is 5.57. The predicted octanol–water partition coefficient (Wildman–Crippen LogP) is 5.24. The lowest BCUT2D eigenvalue weighted by molar-refractivity contribution is 0.295. The molecule has 2 unspecified atom stereocenters. The van der Waals surface area contributed by atoms with Gasteiger partial charge in [-0.2, -0.15) is 5.21 Å². The minimum atomic E-state index is 0.346. The summed E-state index contributed by atoms with van der Waals surface area (Å²) in [7, 11) is 1.68. The van der Waals surface area contributed by atoms with Gasteiger partial charge in [-0.25, -0.2) is 0 Å². The van der Waals surface area contributed by atoms with Crippen LogP contribution in [0.5, 0.6) is 11.5 Å². The molecule has 33 heavy (non-hydrogen) atoms. The normalized spacial score (nSPS) is 17.2. The minimum Gasteiger partial charge on any atom is -0.497 e. The zero-order valence-corrected chi connectivity index (χ0v) is 19.0. The molecule has 7 heteroatoms. The van der Waals surface area contributed by atoms with Crippen molar-refractivity contribution in [2.24, 2.45) is 0 Å². The summed E-state index contributed by atoms with van der Waals surface area (Å²) in [6, 6.07) is 18.5. The highest BCUT2D eigenvalue weighted by atomic mass is 16.5. The van der Waals surface area contributed by atoms with Crippen LogP contribution in [0.1, 0.15) is 60.4 Å². The first-order valence-electron chi connectivity index (χ1n) is 11.2. The number of hydrogen-bond acceptors (Lipinski definition) is 6. The summed E-state index contributed by atoms with van der Waals surface area (Å²) in [4.78, 5) is 4.78. The maximum Gasteiger partial charge on any atom is 0.204 e. The Morgan fingerprint density at radius 1 is 1.06 bits per heavy atom. The zero-order chi connectivity index (χ0) is 22.8. The van der Waals surface area contributed by atoms with Crippen molar-refractivity contribution in [2.75, 3.05) is 7.11 Å². The number of pyridine rings is 1. The number of nitrogens with one attached hydrogen (secondary N) is 1. The molecule has 0 amide bonds. The summed E-state index contributed by atoms with van der Waals surface area (Å²) in [6.07, 6.45) is 2.98. The predicted molar refractivity (Wildman–Crippen MR) is 125 cm³/mol. The second-order valence-electron chi connectivity index (χ2n) is 8.72. The van der Waals surface area contributed by atoms with E-state index in [0.29, 0.717) is 30.2 Å². The van der Waals surface area contributed by atoms with E-state index in [1.165, 1.54) is 11.1 Å². The first-order valence-corrected chi connectivity index (χ1v) is 11.2. The summed E-state index contributed by atoms with van der Waals surface area (Å²) >= 11 is 0. The molecule has 7 nitrogen and oxygen atoms in total. The van der Waals surface area contributed by atoms with Crippen LogP contribution in [0.4, 0.5) is 0 Å². The number of rotatable bonds is 8. The highest BCUT2D eigenvalue weighted by Gasteiger charge is 2.43. The van der Waals surface area contributed by atoms with Crippen LogP contribution in [0.25, 0.3) is 11.4 Å². The van der Waals surface area contributed by atoms with Crippen molar-refractivity contribution >= 4 is 0 Å². The molecule has 1 aliphatic carbocycles. The SMILES string of the molecule is COc1cccc(COc2c(C(C)C)ccnc2C2CC2c2ccc(-c3nn[nH]n3)cc2)c1. The van der Waals surface area contributed by atoms with Gasteiger partial charge in [-0.3, -0.25) is 4.98 Å². The molecular weight excluding hydrogens is 414 g/mol. The van der Waals surface area contributed by atoms with Crippen molar-refractivity contribution in [1.82, 2.24) is 25.6 Å². The number of ether oxygens (including phenoxy) is 2. The smallest absolute Gasteiger partial charge is 0.204 e. The number of hydrogen-bond donors (Lipinski definition) is 1. The van der Waals surface area contributed by atoms with Crippen molar-refractivity contribution in [2.45, 2.75) is 44.6 Å². The number of aromatic amines is 1. The summed E-state index contributed by atoms with van der Waals surface area (Å²) < 4.78 is 11.8. The van der Waals surface area contributed by atoms with Gasteiger partial charge < -0.3 is 9.47 Å². The third-order valence-electron chi connectivity index (χ3n) is 6.19. The fraction of sp³-hybridized carbons (Fsp3) is 0.308. The van der Waals surface area contributed by atoms with Crippen molar-refractivity contribution in [3.05, 3.63) is 83.2 Å². The second kappa shape index (κ2) is 9.02. The third kappa shape index (κ3) is 4.44. The number of benzene rings is 2. The number of tetrazole rings is 1. The van der Waals surface area contributed by atoms with Crippen molar-refractivity contribution < 1.29 is 9.47 Å². The molecule has 1 fully saturated rings. The highest BCUT2D eigenvalue weighted by molar-refractivity contribution is 5.55. The molecule has 0 spiro atoms. The van der Waals surface area contributed by atoms with Crippen LogP contribution in [0.3, 0.4) is 0 Å². The fourth-order valence-corrected chi connectivity index (χ4v) is 4.30. The molecule has 0 saturated heterocycles. The Morgan fingerprint density at radius 3 is 2.64 bits per heavy atom. The molecule has 0 bridgehead atoms. The average molecular weight is 442 g/mol. The van der Waals surface area contributed by atoms with E-state index in [1.54, 1.807) is 7.11 Å². The van der Waals surface area contributed by atoms with Crippen LogP contribution in [-0.4, -0.2) is 32.7 Å². The Kier molecular flexibility index (Phi) is 5.77. The molecule has 2 aromatic heterocycles. The van der Waals surface area contributed by atoms with Gasteiger partial charge in [0.25, 0.3) is 0 Å². The summed E-state index contributed by atoms with van der Waals surface area (Å²) in [5.74, 6) is 3.48. The Balaban J connectivity index is 1.37. The van der Waals surface area contributed by atoms with Gasteiger partial charge in [-0.1, -0.05) is 50.2 Å². The highest BCUT2D eigenvalue weighted by Crippen LogP contribution is 2.56. The maximum atomic E-state index is 6.42. The topological polar surface area (TPSA) is 85.8 Å². The zero-order valence-electron chi connectivity index (χ0n) is 19.0. The van der Waals surface area contributed by atoms with Gasteiger partial charge in [0.2, 0.25) is 5.82 Å². The van der Waals surface area contributed by atoms with E-state index < -0.39 is 0 Å². The van der Waals surface area contributed by atoms with Crippen LogP contribution in [0.15, 0.2) is 60.8 Å². The van der Waals surface area contributed by atoms with Gasteiger partial charge in [0.1, 0.15) is 18.1 Å². The molecule has 5 rings (SSSR count). The summed E-state index contributed by atoms with van der Waals surface area (Å²) in [6.45, 7) is 4.86. The number of H-pyrrole nitrogens is 1. The molecule has 2 aromatic carbocycles. The molecule has 2 atom stereocenters. The van der Waals surface area contributed by atoms with Gasteiger partial charge in [-0.05, 0) is 52.8 Å². The third-order valence-corrected chi connectivity index (χ3v) is 6.19. The lowest BCUT2D eigenvalue weighted by Gasteiger charge is -2.18. The Labute approximate surface area is 193 Å². The van der Waals surface area contributed by atoms with E-state index in [1.807, 2.05) is 36.5 Å². The van der Waals surface area contributed by atoms with Crippen LogP contribution >= 0.6 is 0 Å². The minimum absolute atomic E-state index is 0.346. The van der Waals surface area contributed by atoms with Gasteiger partial charge >= 0.3 is 0 Å². The van der Waals surface area contributed by atoms with Crippen LogP contribution in [-0.2, 0) is 6.61 Å². The largest absolute Gasteiger partial charge is 0.497 e. The monoisotopic (exact) mass is 441 g/mol. The summed E-state index contributed by atoms with van der Waals surface area (Å²) in [5, 5.41) is 14.2. The van der Waals surface area contributed by atoms with Gasteiger partial charge in [0.15, 0.2) is 0 Å². The standard InChI is InChI=1S/C26H27N5O2/c1-16(2)21-11-12-27-24(25(21)33-15-17-5-4-6-20(13-17)32-3)23-14-22(23)18-7-9-19(10-8-18)26-28-30-31-29-26/h4-13,16,22-23H,14-15H2,1-3H3,(H,28,29,30,31). The Bertz CT molecular complexity index is 1220. The van der Waals surface area contributed by atoms with Crippen molar-refractivity contribution in [1.29, 1.82) is 0 Å². The molecule has 4 aromatic rings. The quantitative estimate of drug-likeness (QED) is 0.402. The first kappa shape index (κ1) is 21.1. The molecule has 1 aliphatic rings. The van der Waals surface area contributed by atoms with E-state index in [-0.39, 0.29) is 0 Å². The molecular formula is C26H27N5O2. The Hall–Kier alpha value is -3.74. The number of aromatic nitrogens is 5. The van der Waals surface area contributed by atoms with E-state index in [9.17, 15) is 0 Å². The van der Waals surface area contributed by atoms with Crippen LogP contribution < -0.4 is 9.47 Å². The van der Waals surface area contributed by atoms with Gasteiger partial charge in [-0.15, -0.1) is 10.2 Å². The van der Waals surface area contributed by atoms with Crippen molar-refractivity contribution in [3.63, 3.8) is 0 Å². The Morgan fingerprint density at radius 2 is 1.91 bits per heavy atom. The molecule has 0 radical (unpaired) electrons. The van der Waals surface area contributed by atoms with E-state index >= 15 is 0 Å².